The Morgan fingerprint density at radius 1 is 1.26 bits per heavy atom. The number of hydrogen-bond donors (Lipinski definition) is 2. The molecule has 1 heterocycles. The van der Waals surface area contributed by atoms with E-state index in [-0.39, 0.29) is 12.2 Å². The van der Waals surface area contributed by atoms with Crippen molar-refractivity contribution >= 4 is 0 Å². The Labute approximate surface area is 111 Å². The van der Waals surface area contributed by atoms with Crippen LogP contribution in [0.2, 0.25) is 0 Å². The minimum atomic E-state index is -0.953. The van der Waals surface area contributed by atoms with Crippen molar-refractivity contribution in [2.45, 2.75) is 18.9 Å². The van der Waals surface area contributed by atoms with E-state index >= 15 is 0 Å². The largest absolute Gasteiger partial charge is 0.396 e. The standard InChI is InChI=1S/C14H19F2NO2/c15-11-1-2-12(13(16)7-11)14(19)8-17-5-3-10(9-18)4-6-17/h1-2,7,10,14,18-19H,3-6,8-9H2. The number of benzene rings is 1. The highest BCUT2D eigenvalue weighted by molar-refractivity contribution is 5.21. The quantitative estimate of drug-likeness (QED) is 0.876. The first-order valence-electron chi connectivity index (χ1n) is 6.56. The van der Waals surface area contributed by atoms with Crippen LogP contribution in [0.4, 0.5) is 8.78 Å². The van der Waals surface area contributed by atoms with E-state index in [0.717, 1.165) is 38.1 Å². The molecule has 1 aliphatic rings. The van der Waals surface area contributed by atoms with Crippen molar-refractivity contribution in [3.05, 3.63) is 35.4 Å². The molecule has 1 aromatic carbocycles. The first-order valence-corrected chi connectivity index (χ1v) is 6.56. The van der Waals surface area contributed by atoms with Crippen molar-refractivity contribution in [1.29, 1.82) is 0 Å². The highest BCUT2D eigenvalue weighted by Gasteiger charge is 2.22. The van der Waals surface area contributed by atoms with E-state index in [1.54, 1.807) is 0 Å². The molecule has 1 atom stereocenters. The second-order valence-corrected chi connectivity index (χ2v) is 5.11. The molecular formula is C14H19F2NO2. The molecule has 19 heavy (non-hydrogen) atoms. The Morgan fingerprint density at radius 2 is 1.95 bits per heavy atom. The summed E-state index contributed by atoms with van der Waals surface area (Å²) < 4.78 is 26.3. The average Bonchev–Trinajstić information content (AvgIpc) is 2.39. The fourth-order valence-electron chi connectivity index (χ4n) is 2.47. The maximum atomic E-state index is 13.5. The molecular weight excluding hydrogens is 252 g/mol. The van der Waals surface area contributed by atoms with Gasteiger partial charge in [-0.3, -0.25) is 0 Å². The van der Waals surface area contributed by atoms with Gasteiger partial charge in [0.05, 0.1) is 6.10 Å². The van der Waals surface area contributed by atoms with E-state index in [1.165, 1.54) is 6.07 Å². The van der Waals surface area contributed by atoms with Crippen LogP contribution in [0.1, 0.15) is 24.5 Å². The molecule has 1 saturated heterocycles. The normalized spacial score (nSPS) is 19.6. The second kappa shape index (κ2) is 6.41. The molecule has 0 amide bonds. The van der Waals surface area contributed by atoms with Crippen LogP contribution in [-0.4, -0.2) is 41.4 Å². The number of aliphatic hydroxyl groups excluding tert-OH is 2. The molecule has 0 aliphatic carbocycles. The molecule has 0 saturated carbocycles. The van der Waals surface area contributed by atoms with E-state index in [4.69, 9.17) is 5.11 Å². The lowest BCUT2D eigenvalue weighted by Crippen LogP contribution is -2.37. The lowest BCUT2D eigenvalue weighted by Gasteiger charge is -2.32. The van der Waals surface area contributed by atoms with E-state index in [2.05, 4.69) is 0 Å². The summed E-state index contributed by atoms with van der Waals surface area (Å²) in [7, 11) is 0. The highest BCUT2D eigenvalue weighted by atomic mass is 19.1. The van der Waals surface area contributed by atoms with Crippen molar-refractivity contribution in [2.75, 3.05) is 26.2 Å². The molecule has 1 aliphatic heterocycles. The van der Waals surface area contributed by atoms with Gasteiger partial charge in [-0.1, -0.05) is 6.07 Å². The third-order valence-electron chi connectivity index (χ3n) is 3.72. The van der Waals surface area contributed by atoms with Gasteiger partial charge in [0.25, 0.3) is 0 Å². The minimum Gasteiger partial charge on any atom is -0.396 e. The van der Waals surface area contributed by atoms with Crippen molar-refractivity contribution in [3.8, 4) is 0 Å². The summed E-state index contributed by atoms with van der Waals surface area (Å²) in [6, 6.07) is 3.23. The smallest absolute Gasteiger partial charge is 0.131 e. The average molecular weight is 271 g/mol. The molecule has 0 aromatic heterocycles. The van der Waals surface area contributed by atoms with Crippen LogP contribution in [0.3, 0.4) is 0 Å². The molecule has 0 bridgehead atoms. The van der Waals surface area contributed by atoms with Gasteiger partial charge in [-0.05, 0) is 37.9 Å². The molecule has 3 nitrogen and oxygen atoms in total. The predicted octanol–water partition coefficient (Wildman–Crippen LogP) is 1.70. The Kier molecular flexibility index (Phi) is 4.85. The molecule has 1 aromatic rings. The molecule has 0 spiro atoms. The van der Waals surface area contributed by atoms with Crippen LogP contribution in [0, 0.1) is 17.6 Å². The van der Waals surface area contributed by atoms with Gasteiger partial charge in [0, 0.05) is 24.8 Å². The number of nitrogens with zero attached hydrogens (tertiary/aromatic N) is 1. The number of piperidine rings is 1. The summed E-state index contributed by atoms with van der Waals surface area (Å²) in [6.07, 6.45) is 0.816. The maximum Gasteiger partial charge on any atom is 0.131 e. The summed E-state index contributed by atoms with van der Waals surface area (Å²) in [4.78, 5) is 2.04. The Morgan fingerprint density at radius 3 is 2.53 bits per heavy atom. The fourth-order valence-corrected chi connectivity index (χ4v) is 2.47. The zero-order chi connectivity index (χ0) is 13.8. The molecule has 1 unspecified atom stereocenters. The summed E-state index contributed by atoms with van der Waals surface area (Å²) in [6.45, 7) is 2.10. The van der Waals surface area contributed by atoms with Gasteiger partial charge in [-0.25, -0.2) is 8.78 Å². The third kappa shape index (κ3) is 3.72. The summed E-state index contributed by atoms with van der Waals surface area (Å²) in [5.41, 5.74) is 0.130. The predicted molar refractivity (Wildman–Crippen MR) is 67.6 cm³/mol. The van der Waals surface area contributed by atoms with Gasteiger partial charge >= 0.3 is 0 Å². The highest BCUT2D eigenvalue weighted by Crippen LogP contribution is 2.22. The summed E-state index contributed by atoms with van der Waals surface area (Å²) in [5, 5.41) is 19.1. The lowest BCUT2D eigenvalue weighted by molar-refractivity contribution is 0.0746. The van der Waals surface area contributed by atoms with Gasteiger partial charge < -0.3 is 15.1 Å². The van der Waals surface area contributed by atoms with E-state index < -0.39 is 17.7 Å². The number of halogens is 2. The topological polar surface area (TPSA) is 43.7 Å². The minimum absolute atomic E-state index is 0.130. The van der Waals surface area contributed by atoms with Gasteiger partial charge in [0.1, 0.15) is 11.6 Å². The number of likely N-dealkylation sites (tertiary alicyclic amines) is 1. The Bertz CT molecular complexity index is 420. The van der Waals surface area contributed by atoms with E-state index in [9.17, 15) is 13.9 Å². The van der Waals surface area contributed by atoms with Gasteiger partial charge in [-0.15, -0.1) is 0 Å². The number of aliphatic hydroxyl groups is 2. The van der Waals surface area contributed by atoms with Gasteiger partial charge in [0.2, 0.25) is 0 Å². The Balaban J connectivity index is 1.92. The maximum absolute atomic E-state index is 13.5. The SMILES string of the molecule is OCC1CCN(CC(O)c2ccc(F)cc2F)CC1. The van der Waals surface area contributed by atoms with E-state index in [1.807, 2.05) is 4.90 Å². The second-order valence-electron chi connectivity index (χ2n) is 5.11. The van der Waals surface area contributed by atoms with Crippen LogP contribution in [0.5, 0.6) is 0 Å². The molecule has 1 fully saturated rings. The molecule has 106 valence electrons. The van der Waals surface area contributed by atoms with Crippen molar-refractivity contribution in [3.63, 3.8) is 0 Å². The molecule has 2 rings (SSSR count). The van der Waals surface area contributed by atoms with Crippen LogP contribution < -0.4 is 0 Å². The monoisotopic (exact) mass is 271 g/mol. The Hall–Kier alpha value is -1.04. The molecule has 0 radical (unpaired) electrons. The first kappa shape index (κ1) is 14.4. The lowest BCUT2D eigenvalue weighted by atomic mass is 9.97. The first-order chi connectivity index (χ1) is 9.10. The number of hydrogen-bond acceptors (Lipinski definition) is 3. The van der Waals surface area contributed by atoms with Crippen molar-refractivity contribution in [1.82, 2.24) is 4.90 Å². The summed E-state index contributed by atoms with van der Waals surface area (Å²) >= 11 is 0. The van der Waals surface area contributed by atoms with Crippen molar-refractivity contribution < 1.29 is 19.0 Å². The zero-order valence-electron chi connectivity index (χ0n) is 10.7. The van der Waals surface area contributed by atoms with Crippen LogP contribution >= 0.6 is 0 Å². The van der Waals surface area contributed by atoms with Gasteiger partial charge in [-0.2, -0.15) is 0 Å². The van der Waals surface area contributed by atoms with Crippen LogP contribution in [0.25, 0.3) is 0 Å². The number of β-amino-alcohol motifs (C(OH)–C–C–N with tert-alkyl or cyclic N) is 1. The van der Waals surface area contributed by atoms with E-state index in [0.29, 0.717) is 12.5 Å². The number of rotatable bonds is 4. The molecule has 2 N–H and O–H groups in total. The zero-order valence-corrected chi connectivity index (χ0v) is 10.7. The van der Waals surface area contributed by atoms with Crippen molar-refractivity contribution in [2.24, 2.45) is 5.92 Å². The third-order valence-corrected chi connectivity index (χ3v) is 3.72. The fraction of sp³-hybridized carbons (Fsp3) is 0.571. The molecule has 5 heteroatoms. The van der Waals surface area contributed by atoms with Gasteiger partial charge in [0.15, 0.2) is 0 Å². The van der Waals surface area contributed by atoms with Crippen LogP contribution in [-0.2, 0) is 0 Å². The summed E-state index contributed by atoms with van der Waals surface area (Å²) in [5.74, 6) is -1.02. The van der Waals surface area contributed by atoms with Crippen LogP contribution in [0.15, 0.2) is 18.2 Å².